The molecule has 0 saturated heterocycles. The van der Waals surface area contributed by atoms with Crippen LogP contribution in [0.1, 0.15) is 21.9 Å². The second kappa shape index (κ2) is 10.6. The van der Waals surface area contributed by atoms with Crippen LogP contribution < -0.4 is 9.64 Å². The number of aliphatic hydroxyl groups excluding tert-OH is 1. The summed E-state index contributed by atoms with van der Waals surface area (Å²) in [6, 6.07) is 20.8. The maximum absolute atomic E-state index is 14.5. The third kappa shape index (κ3) is 5.27. The largest absolute Gasteiger partial charge is 0.494 e. The average Bonchev–Trinajstić information content (AvgIpc) is 2.93. The van der Waals surface area contributed by atoms with Crippen LogP contribution in [0.2, 0.25) is 0 Å². The second-order valence-corrected chi connectivity index (χ2v) is 9.82. The van der Waals surface area contributed by atoms with E-state index in [2.05, 4.69) is 18.2 Å². The van der Waals surface area contributed by atoms with Crippen molar-refractivity contribution in [2.75, 3.05) is 39.2 Å². The number of likely N-dealkylation sites (N-methyl/N-ethyl adjacent to an activating group) is 1. The molecule has 0 saturated carbocycles. The molecule has 1 heterocycles. The van der Waals surface area contributed by atoms with Gasteiger partial charge in [0.15, 0.2) is 11.6 Å². The number of anilines is 1. The summed E-state index contributed by atoms with van der Waals surface area (Å²) in [4.78, 5) is 18.0. The van der Waals surface area contributed by atoms with Gasteiger partial charge < -0.3 is 19.6 Å². The standard InChI is InChI=1S/C27H29FN2O3S/c1-29(2)13-14-30-22-11-9-19(15-18-7-5-4-6-8-18)16-24(22)34-26(25(31)27(30)32)20-10-12-23(33-3)21(28)17-20/h4-12,16-17,25-26,31H,13-15H2,1-3H3/t25-,26+/m1/s1. The number of fused-ring (bicyclic) bond motifs is 1. The van der Waals surface area contributed by atoms with Crippen molar-refractivity contribution in [1.82, 2.24) is 4.90 Å². The van der Waals surface area contributed by atoms with Gasteiger partial charge in [-0.3, -0.25) is 4.79 Å². The van der Waals surface area contributed by atoms with Gasteiger partial charge >= 0.3 is 0 Å². The maximum Gasteiger partial charge on any atom is 0.257 e. The van der Waals surface area contributed by atoms with Crippen LogP contribution in [0.5, 0.6) is 5.75 Å². The lowest BCUT2D eigenvalue weighted by Gasteiger charge is -2.26. The number of rotatable bonds is 7. The van der Waals surface area contributed by atoms with E-state index < -0.39 is 17.2 Å². The summed E-state index contributed by atoms with van der Waals surface area (Å²) in [5, 5.41) is 10.5. The number of aliphatic hydroxyl groups is 1. The van der Waals surface area contributed by atoms with Crippen LogP contribution in [-0.2, 0) is 11.2 Å². The highest BCUT2D eigenvalue weighted by molar-refractivity contribution is 7.99. The number of amides is 1. The Bertz CT molecular complexity index is 1160. The van der Waals surface area contributed by atoms with E-state index in [1.807, 2.05) is 49.3 Å². The first kappa shape index (κ1) is 24.3. The SMILES string of the molecule is COc1ccc([C@@H]2Sc3cc(Cc4ccccc4)ccc3N(CCN(C)C)C(=O)[C@@H]2O)cc1F. The number of carbonyl (C=O) groups is 1. The second-order valence-electron chi connectivity index (χ2n) is 8.63. The number of carbonyl (C=O) groups excluding carboxylic acids is 1. The number of benzene rings is 3. The van der Waals surface area contributed by atoms with Crippen molar-refractivity contribution in [3.8, 4) is 5.75 Å². The van der Waals surface area contributed by atoms with Crippen molar-refractivity contribution < 1.29 is 19.0 Å². The summed E-state index contributed by atoms with van der Waals surface area (Å²) >= 11 is 1.39. The van der Waals surface area contributed by atoms with Gasteiger partial charge in [-0.15, -0.1) is 11.8 Å². The van der Waals surface area contributed by atoms with Gasteiger partial charge in [-0.1, -0.05) is 42.5 Å². The van der Waals surface area contributed by atoms with Crippen LogP contribution >= 0.6 is 11.8 Å². The predicted octanol–water partition coefficient (Wildman–Crippen LogP) is 4.53. The third-order valence-electron chi connectivity index (χ3n) is 5.90. The number of ether oxygens (including phenoxy) is 1. The molecule has 1 amide bonds. The van der Waals surface area contributed by atoms with Crippen LogP contribution in [0.25, 0.3) is 0 Å². The normalized spacial score (nSPS) is 18.1. The van der Waals surface area contributed by atoms with E-state index in [9.17, 15) is 14.3 Å². The number of halogens is 1. The molecule has 1 aliphatic heterocycles. The van der Waals surface area contributed by atoms with Gasteiger partial charge in [0.25, 0.3) is 5.91 Å². The van der Waals surface area contributed by atoms with E-state index in [1.165, 1.54) is 36.6 Å². The molecule has 2 atom stereocenters. The molecule has 1 aliphatic rings. The lowest BCUT2D eigenvalue weighted by Crippen LogP contribution is -2.43. The highest BCUT2D eigenvalue weighted by atomic mass is 32.2. The number of methoxy groups -OCH3 is 1. The molecular weight excluding hydrogens is 451 g/mol. The van der Waals surface area contributed by atoms with E-state index in [4.69, 9.17) is 4.74 Å². The number of nitrogens with zero attached hydrogens (tertiary/aromatic N) is 2. The van der Waals surface area contributed by atoms with Gasteiger partial charge in [-0.25, -0.2) is 4.39 Å². The van der Waals surface area contributed by atoms with Crippen LogP contribution in [0.3, 0.4) is 0 Å². The van der Waals surface area contributed by atoms with Gasteiger partial charge in [0.2, 0.25) is 0 Å². The summed E-state index contributed by atoms with van der Waals surface area (Å²) in [5.41, 5.74) is 3.60. The summed E-state index contributed by atoms with van der Waals surface area (Å²) in [5.74, 6) is -0.779. The zero-order chi connectivity index (χ0) is 24.2. The zero-order valence-electron chi connectivity index (χ0n) is 19.6. The summed E-state index contributed by atoms with van der Waals surface area (Å²) in [6.07, 6.45) is -0.560. The maximum atomic E-state index is 14.5. The van der Waals surface area contributed by atoms with Crippen LogP contribution in [0.15, 0.2) is 71.6 Å². The van der Waals surface area contributed by atoms with E-state index in [0.29, 0.717) is 18.7 Å². The Kier molecular flexibility index (Phi) is 7.56. The zero-order valence-corrected chi connectivity index (χ0v) is 20.4. The Morgan fingerprint density at radius 2 is 1.82 bits per heavy atom. The third-order valence-corrected chi connectivity index (χ3v) is 7.27. The van der Waals surface area contributed by atoms with Crippen LogP contribution in [0.4, 0.5) is 10.1 Å². The Labute approximate surface area is 204 Å². The molecule has 0 aromatic heterocycles. The van der Waals surface area contributed by atoms with Crippen molar-refractivity contribution in [2.24, 2.45) is 0 Å². The Hall–Kier alpha value is -2.87. The lowest BCUT2D eigenvalue weighted by molar-refractivity contribution is -0.126. The molecule has 0 fully saturated rings. The Morgan fingerprint density at radius 3 is 2.50 bits per heavy atom. The molecular formula is C27H29FN2O3S. The highest BCUT2D eigenvalue weighted by Crippen LogP contribution is 2.46. The first-order chi connectivity index (χ1) is 16.4. The molecule has 1 N–H and O–H groups in total. The molecule has 0 unspecified atom stereocenters. The highest BCUT2D eigenvalue weighted by Gasteiger charge is 2.37. The molecule has 3 aromatic rings. The van der Waals surface area contributed by atoms with E-state index in [0.717, 1.165) is 22.6 Å². The number of hydrogen-bond acceptors (Lipinski definition) is 5. The van der Waals surface area contributed by atoms with Gasteiger partial charge in [0, 0.05) is 18.0 Å². The average molecular weight is 481 g/mol. The fourth-order valence-electron chi connectivity index (χ4n) is 4.07. The lowest BCUT2D eigenvalue weighted by atomic mass is 10.0. The van der Waals surface area contributed by atoms with Crippen molar-refractivity contribution >= 4 is 23.4 Å². The molecule has 3 aromatic carbocycles. The number of thioether (sulfide) groups is 1. The molecule has 34 heavy (non-hydrogen) atoms. The van der Waals surface area contributed by atoms with Crippen molar-refractivity contribution in [3.05, 3.63) is 89.2 Å². The topological polar surface area (TPSA) is 53.0 Å². The molecule has 0 bridgehead atoms. The van der Waals surface area contributed by atoms with Crippen molar-refractivity contribution in [1.29, 1.82) is 0 Å². The minimum absolute atomic E-state index is 0.126. The monoisotopic (exact) mass is 480 g/mol. The van der Waals surface area contributed by atoms with Gasteiger partial charge in [-0.05, 0) is 61.5 Å². The smallest absolute Gasteiger partial charge is 0.257 e. The summed E-state index contributed by atoms with van der Waals surface area (Å²) < 4.78 is 19.5. The molecule has 0 spiro atoms. The van der Waals surface area contributed by atoms with Gasteiger partial charge in [0.05, 0.1) is 18.0 Å². The fraction of sp³-hybridized carbons (Fsp3) is 0.296. The molecule has 7 heteroatoms. The summed E-state index contributed by atoms with van der Waals surface area (Å²) in [7, 11) is 5.30. The van der Waals surface area contributed by atoms with Crippen LogP contribution in [0, 0.1) is 5.82 Å². The van der Waals surface area contributed by atoms with E-state index in [1.54, 1.807) is 11.0 Å². The number of hydrogen-bond donors (Lipinski definition) is 1. The molecule has 0 radical (unpaired) electrons. The Morgan fingerprint density at radius 1 is 1.06 bits per heavy atom. The van der Waals surface area contributed by atoms with E-state index in [-0.39, 0.29) is 11.7 Å². The van der Waals surface area contributed by atoms with Crippen LogP contribution in [-0.4, -0.2) is 56.3 Å². The minimum atomic E-state index is -1.31. The molecule has 5 nitrogen and oxygen atoms in total. The van der Waals surface area contributed by atoms with Crippen molar-refractivity contribution in [3.63, 3.8) is 0 Å². The summed E-state index contributed by atoms with van der Waals surface area (Å²) in [6.45, 7) is 1.09. The van der Waals surface area contributed by atoms with Gasteiger partial charge in [-0.2, -0.15) is 0 Å². The first-order valence-corrected chi connectivity index (χ1v) is 12.1. The Balaban J connectivity index is 1.74. The molecule has 178 valence electrons. The van der Waals surface area contributed by atoms with Gasteiger partial charge in [0.1, 0.15) is 6.10 Å². The minimum Gasteiger partial charge on any atom is -0.494 e. The van der Waals surface area contributed by atoms with Crippen molar-refractivity contribution in [2.45, 2.75) is 22.7 Å². The first-order valence-electron chi connectivity index (χ1n) is 11.2. The molecule has 4 rings (SSSR count). The predicted molar refractivity (Wildman–Crippen MR) is 134 cm³/mol. The fourth-order valence-corrected chi connectivity index (χ4v) is 5.39. The van der Waals surface area contributed by atoms with E-state index >= 15 is 0 Å². The molecule has 0 aliphatic carbocycles. The quantitative estimate of drug-likeness (QED) is 0.539.